The second kappa shape index (κ2) is 4.54. The molecular formula is C9H10OTe. The Morgan fingerprint density at radius 2 is 2.00 bits per heavy atom. The predicted molar refractivity (Wildman–Crippen MR) is 47.1 cm³/mol. The molecule has 58 valence electrons. The molecule has 1 nitrogen and oxygen atoms in total. The van der Waals surface area contributed by atoms with Crippen molar-refractivity contribution < 1.29 is 4.79 Å². The van der Waals surface area contributed by atoms with Crippen LogP contribution in [0.5, 0.6) is 0 Å². The fourth-order valence-corrected chi connectivity index (χ4v) is 2.69. The Labute approximate surface area is 76.9 Å². The average molecular weight is 262 g/mol. The molecule has 0 amide bonds. The first-order valence-corrected chi connectivity index (χ1v) is 5.91. The van der Waals surface area contributed by atoms with Crippen LogP contribution in [0.2, 0.25) is 0 Å². The molecule has 1 rings (SSSR count). The Kier molecular flexibility index (Phi) is 3.62. The van der Waals surface area contributed by atoms with E-state index in [-0.39, 0.29) is 0 Å². The van der Waals surface area contributed by atoms with E-state index in [4.69, 9.17) is 0 Å². The molecule has 1 aromatic carbocycles. The van der Waals surface area contributed by atoms with Crippen molar-refractivity contribution >= 4 is 28.4 Å². The van der Waals surface area contributed by atoms with Gasteiger partial charge in [0.2, 0.25) is 0 Å². The predicted octanol–water partition coefficient (Wildman–Crippen LogP) is 0.953. The van der Waals surface area contributed by atoms with Crippen molar-refractivity contribution in [2.24, 2.45) is 0 Å². The van der Waals surface area contributed by atoms with E-state index in [9.17, 15) is 4.79 Å². The van der Waals surface area contributed by atoms with Crippen LogP contribution in [0.3, 0.4) is 0 Å². The third kappa shape index (κ3) is 3.05. The summed E-state index contributed by atoms with van der Waals surface area (Å²) in [5.74, 6) is 0. The summed E-state index contributed by atoms with van der Waals surface area (Å²) in [6.07, 6.45) is 0.692. The number of carbonyl (C=O) groups excluding carboxylic acids is 1. The van der Waals surface area contributed by atoms with Crippen LogP contribution in [-0.4, -0.2) is 24.8 Å². The van der Waals surface area contributed by atoms with Gasteiger partial charge in [-0.2, -0.15) is 0 Å². The van der Waals surface area contributed by atoms with Crippen LogP contribution < -0.4 is 3.61 Å². The fourth-order valence-electron chi connectivity index (χ4n) is 0.692. The monoisotopic (exact) mass is 264 g/mol. The van der Waals surface area contributed by atoms with E-state index in [1.54, 1.807) is 0 Å². The molecule has 1 aromatic rings. The van der Waals surface area contributed by atoms with Gasteiger partial charge in [-0.1, -0.05) is 0 Å². The summed E-state index contributed by atoms with van der Waals surface area (Å²) in [5, 5.41) is 0. The summed E-state index contributed by atoms with van der Waals surface area (Å²) in [7, 11) is 0. The third-order valence-corrected chi connectivity index (χ3v) is 4.19. The van der Waals surface area contributed by atoms with Gasteiger partial charge in [0.05, 0.1) is 0 Å². The zero-order chi connectivity index (χ0) is 8.10. The van der Waals surface area contributed by atoms with Gasteiger partial charge in [-0.15, -0.1) is 0 Å². The number of benzene rings is 1. The van der Waals surface area contributed by atoms with Crippen molar-refractivity contribution in [3.05, 3.63) is 30.3 Å². The van der Waals surface area contributed by atoms with E-state index in [1.807, 2.05) is 37.3 Å². The number of carbonyl (C=O) groups is 1. The molecule has 2 heteroatoms. The summed E-state index contributed by atoms with van der Waals surface area (Å²) >= 11 is -0.549. The van der Waals surface area contributed by atoms with Crippen molar-refractivity contribution in [2.75, 3.05) is 0 Å². The van der Waals surface area contributed by atoms with Gasteiger partial charge in [-0.25, -0.2) is 0 Å². The Bertz CT molecular complexity index is 231. The summed E-state index contributed by atoms with van der Waals surface area (Å²) in [5.41, 5.74) is 0. The second-order valence-corrected chi connectivity index (χ2v) is 5.37. The van der Waals surface area contributed by atoms with Gasteiger partial charge < -0.3 is 0 Å². The number of hydrogen-bond acceptors (Lipinski definition) is 1. The van der Waals surface area contributed by atoms with Crippen LogP contribution in [0.15, 0.2) is 30.3 Å². The maximum atomic E-state index is 11.0. The Hall–Kier alpha value is -0.320. The molecule has 0 N–H and O–H groups in total. The fraction of sp³-hybridized carbons (Fsp3) is 0.222. The van der Waals surface area contributed by atoms with Crippen LogP contribution in [0.25, 0.3) is 0 Å². The van der Waals surface area contributed by atoms with E-state index in [2.05, 4.69) is 0 Å². The topological polar surface area (TPSA) is 17.1 Å². The summed E-state index contributed by atoms with van der Waals surface area (Å²) in [6.45, 7) is 1.93. The van der Waals surface area contributed by atoms with Crippen LogP contribution in [0.4, 0.5) is 0 Å². The minimum absolute atomic E-state index is 0.432. The number of rotatable bonds is 3. The summed E-state index contributed by atoms with van der Waals surface area (Å²) in [6, 6.07) is 10.0. The molecule has 0 spiro atoms. The SMILES string of the molecule is CCC(=O)[Te]c1ccccc1. The van der Waals surface area contributed by atoms with Crippen LogP contribution >= 0.6 is 0 Å². The van der Waals surface area contributed by atoms with Gasteiger partial charge in [0.15, 0.2) is 0 Å². The zero-order valence-electron chi connectivity index (χ0n) is 6.41. The van der Waals surface area contributed by atoms with E-state index in [0.717, 1.165) is 0 Å². The van der Waals surface area contributed by atoms with Gasteiger partial charge in [-0.3, -0.25) is 0 Å². The molecule has 0 atom stereocenters. The van der Waals surface area contributed by atoms with Crippen molar-refractivity contribution in [1.82, 2.24) is 0 Å². The summed E-state index contributed by atoms with van der Waals surface area (Å²) in [4.78, 5) is 11.0. The van der Waals surface area contributed by atoms with Crippen molar-refractivity contribution in [3.63, 3.8) is 0 Å². The first-order chi connectivity index (χ1) is 5.33. The van der Waals surface area contributed by atoms with Gasteiger partial charge in [0, 0.05) is 0 Å². The molecule has 11 heavy (non-hydrogen) atoms. The Morgan fingerprint density at radius 1 is 1.36 bits per heavy atom. The third-order valence-electron chi connectivity index (χ3n) is 1.26. The van der Waals surface area contributed by atoms with E-state index >= 15 is 0 Å². The molecule has 0 aliphatic heterocycles. The second-order valence-electron chi connectivity index (χ2n) is 2.14. The quantitative estimate of drug-likeness (QED) is 0.741. The molecule has 0 radical (unpaired) electrons. The van der Waals surface area contributed by atoms with Gasteiger partial charge in [0.25, 0.3) is 0 Å². The maximum absolute atomic E-state index is 11.0. The normalized spacial score (nSPS) is 9.55. The van der Waals surface area contributed by atoms with Crippen molar-refractivity contribution in [1.29, 1.82) is 0 Å². The Balaban J connectivity index is 2.58. The molecule has 0 aliphatic rings. The standard InChI is InChI=1S/C9H10OTe/c1-2-9(10)11-8-6-4-3-5-7-8/h3-7H,2H2,1H3. The van der Waals surface area contributed by atoms with Gasteiger partial charge >= 0.3 is 76.8 Å². The number of hydrogen-bond donors (Lipinski definition) is 0. The van der Waals surface area contributed by atoms with Gasteiger partial charge in [-0.05, 0) is 0 Å². The van der Waals surface area contributed by atoms with Crippen LogP contribution in [0, 0.1) is 0 Å². The first-order valence-electron chi connectivity index (χ1n) is 3.58. The molecule has 0 saturated carbocycles. The van der Waals surface area contributed by atoms with Crippen LogP contribution in [-0.2, 0) is 4.79 Å². The average Bonchev–Trinajstić information content (AvgIpc) is 2.06. The molecule has 0 fully saturated rings. The Morgan fingerprint density at radius 3 is 2.55 bits per heavy atom. The molecule has 0 unspecified atom stereocenters. The molecule has 0 aliphatic carbocycles. The van der Waals surface area contributed by atoms with Gasteiger partial charge in [0.1, 0.15) is 0 Å². The first kappa shape index (κ1) is 8.77. The van der Waals surface area contributed by atoms with E-state index in [0.29, 0.717) is 10.3 Å². The van der Waals surface area contributed by atoms with E-state index < -0.39 is 20.9 Å². The molecule has 0 aromatic heterocycles. The molecular weight excluding hydrogens is 252 g/mol. The van der Waals surface area contributed by atoms with Crippen LogP contribution in [0.1, 0.15) is 13.3 Å². The zero-order valence-corrected chi connectivity index (χ0v) is 8.74. The summed E-state index contributed by atoms with van der Waals surface area (Å²) < 4.78 is 1.67. The van der Waals surface area contributed by atoms with Crippen molar-refractivity contribution in [3.8, 4) is 0 Å². The minimum atomic E-state index is -0.549. The van der Waals surface area contributed by atoms with E-state index in [1.165, 1.54) is 3.61 Å². The molecule has 0 heterocycles. The molecule has 0 bridgehead atoms. The van der Waals surface area contributed by atoms with Crippen molar-refractivity contribution in [2.45, 2.75) is 13.3 Å². The molecule has 0 saturated heterocycles.